The summed E-state index contributed by atoms with van der Waals surface area (Å²) in [7, 11) is 0.257. The van der Waals surface area contributed by atoms with Crippen LogP contribution in [0.2, 0.25) is 0 Å². The van der Waals surface area contributed by atoms with Crippen LogP contribution in [0.25, 0.3) is 0 Å². The van der Waals surface area contributed by atoms with E-state index < -0.39 is 0 Å². The zero-order valence-corrected chi connectivity index (χ0v) is 16.4. The van der Waals surface area contributed by atoms with Crippen molar-refractivity contribution in [1.29, 1.82) is 0 Å². The molecule has 0 aromatic heterocycles. The highest BCUT2D eigenvalue weighted by Gasteiger charge is 2.29. The summed E-state index contributed by atoms with van der Waals surface area (Å²) in [5, 5.41) is 4.62. The quantitative estimate of drug-likeness (QED) is 0.527. The van der Waals surface area contributed by atoms with Crippen LogP contribution >= 0.6 is 10.9 Å². The highest BCUT2D eigenvalue weighted by atomic mass is 32.2. The van der Waals surface area contributed by atoms with E-state index in [0.717, 1.165) is 18.3 Å². The molecular formula is C22H34N2S. The second-order valence-electron chi connectivity index (χ2n) is 7.95. The van der Waals surface area contributed by atoms with E-state index in [2.05, 4.69) is 40.6 Å². The summed E-state index contributed by atoms with van der Waals surface area (Å²) < 4.78 is 0. The van der Waals surface area contributed by atoms with Crippen molar-refractivity contribution in [3.8, 4) is 0 Å². The molecule has 1 aromatic rings. The molecule has 1 fully saturated rings. The minimum atomic E-state index is 0.257. The van der Waals surface area contributed by atoms with Gasteiger partial charge in [0, 0.05) is 30.6 Å². The molecule has 0 amide bonds. The topological polar surface area (TPSA) is 15.3 Å². The van der Waals surface area contributed by atoms with Crippen molar-refractivity contribution in [3.05, 3.63) is 41.5 Å². The maximum Gasteiger partial charge on any atom is 0.0402 e. The lowest BCUT2D eigenvalue weighted by Crippen LogP contribution is -2.39. The third kappa shape index (κ3) is 4.43. The summed E-state index contributed by atoms with van der Waals surface area (Å²) in [6.07, 6.45) is 14.3. The number of aryl methyl sites for hydroxylation is 1. The normalized spacial score (nSPS) is 29.4. The molecule has 0 aliphatic carbocycles. The summed E-state index contributed by atoms with van der Waals surface area (Å²) in [5.41, 5.74) is 4.61. The van der Waals surface area contributed by atoms with Gasteiger partial charge in [0.1, 0.15) is 0 Å². The number of thiol groups is 1. The number of rotatable bonds is 0. The zero-order valence-electron chi connectivity index (χ0n) is 15.6. The van der Waals surface area contributed by atoms with Crippen molar-refractivity contribution in [2.45, 2.75) is 56.7 Å². The lowest BCUT2D eigenvalue weighted by Gasteiger charge is -2.43. The van der Waals surface area contributed by atoms with Crippen LogP contribution in [0.4, 0.5) is 5.69 Å². The molecule has 4 rings (SSSR count). The number of nitrogens with zero attached hydrogens (tertiary/aromatic N) is 1. The Hall–Kier alpha value is -0.930. The van der Waals surface area contributed by atoms with E-state index in [1.54, 1.807) is 11.3 Å². The van der Waals surface area contributed by atoms with Crippen LogP contribution in [0.15, 0.2) is 30.4 Å². The van der Waals surface area contributed by atoms with Gasteiger partial charge in [0.15, 0.2) is 0 Å². The molecule has 1 aromatic carbocycles. The number of nitrogens with one attached hydrogen (secondary N) is 1. The molecule has 3 heterocycles. The molecule has 2 atom stereocenters. The molecule has 2 bridgehead atoms. The van der Waals surface area contributed by atoms with Crippen molar-refractivity contribution in [3.63, 3.8) is 0 Å². The van der Waals surface area contributed by atoms with Crippen molar-refractivity contribution in [2.75, 3.05) is 36.0 Å². The molecule has 3 aliphatic heterocycles. The van der Waals surface area contributed by atoms with Crippen LogP contribution < -0.4 is 10.2 Å². The first-order valence-electron chi connectivity index (χ1n) is 10.4. The monoisotopic (exact) mass is 358 g/mol. The summed E-state index contributed by atoms with van der Waals surface area (Å²) in [4.78, 5) is 2.75. The lowest BCUT2D eigenvalue weighted by molar-refractivity contribution is 0.626. The number of hydrogen-bond donors (Lipinski definition) is 2. The van der Waals surface area contributed by atoms with Crippen molar-refractivity contribution in [2.24, 2.45) is 0 Å². The standard InChI is InChI=1S/C22H34N2S/c1-2-5-12-23-17-19-9-10-20-8-4-6-13-24(22(20)16-19)18-21-11-15-25(21)14-7-3-1/h3,7,9-10,16,21,23,25H,1-2,4-6,8,11-15,17-18H2. The molecule has 1 N–H and O–H groups in total. The van der Waals surface area contributed by atoms with E-state index in [0.29, 0.717) is 0 Å². The van der Waals surface area contributed by atoms with E-state index in [9.17, 15) is 0 Å². The molecule has 138 valence electrons. The summed E-state index contributed by atoms with van der Waals surface area (Å²) >= 11 is 0. The fraction of sp³-hybridized carbons (Fsp3) is 0.636. The smallest absolute Gasteiger partial charge is 0.0402 e. The van der Waals surface area contributed by atoms with Gasteiger partial charge in [-0.3, -0.25) is 0 Å². The molecular weight excluding hydrogens is 324 g/mol. The predicted molar refractivity (Wildman–Crippen MR) is 113 cm³/mol. The van der Waals surface area contributed by atoms with Gasteiger partial charge < -0.3 is 10.2 Å². The van der Waals surface area contributed by atoms with Gasteiger partial charge in [0.25, 0.3) is 0 Å². The van der Waals surface area contributed by atoms with Crippen LogP contribution in [0.5, 0.6) is 0 Å². The Morgan fingerprint density at radius 3 is 3.00 bits per heavy atom. The first kappa shape index (κ1) is 17.5. The number of anilines is 1. The average molecular weight is 359 g/mol. The Labute approximate surface area is 156 Å². The highest BCUT2D eigenvalue weighted by molar-refractivity contribution is 8.18. The van der Waals surface area contributed by atoms with Gasteiger partial charge in [-0.2, -0.15) is 0 Å². The number of allylic oxidation sites excluding steroid dienone is 1. The SMILES string of the molecule is C1=CC[SH]2CCC2CN2CCCCc3ccc(cc32)CNCCCC1. The van der Waals surface area contributed by atoms with Gasteiger partial charge in [0.05, 0.1) is 0 Å². The van der Waals surface area contributed by atoms with Gasteiger partial charge in [-0.15, -0.1) is 0 Å². The first-order chi connectivity index (χ1) is 12.4. The molecule has 25 heavy (non-hydrogen) atoms. The van der Waals surface area contributed by atoms with Gasteiger partial charge >= 0.3 is 0 Å². The van der Waals surface area contributed by atoms with Crippen molar-refractivity contribution in [1.82, 2.24) is 5.32 Å². The fourth-order valence-electron chi connectivity index (χ4n) is 4.42. The molecule has 1 saturated heterocycles. The fourth-order valence-corrected chi connectivity index (χ4v) is 6.74. The van der Waals surface area contributed by atoms with Crippen LogP contribution in [-0.4, -0.2) is 36.4 Å². The van der Waals surface area contributed by atoms with Gasteiger partial charge in [-0.1, -0.05) is 24.3 Å². The third-order valence-corrected chi connectivity index (χ3v) is 9.09. The maximum absolute atomic E-state index is 3.65. The largest absolute Gasteiger partial charge is 0.370 e. The van der Waals surface area contributed by atoms with Crippen LogP contribution in [0, 0.1) is 0 Å². The minimum Gasteiger partial charge on any atom is -0.370 e. The number of hydrogen-bond acceptors (Lipinski definition) is 2. The molecule has 3 heteroatoms. The van der Waals surface area contributed by atoms with Crippen LogP contribution in [0.1, 0.15) is 49.7 Å². The molecule has 2 unspecified atom stereocenters. The highest BCUT2D eigenvalue weighted by Crippen LogP contribution is 2.45. The second kappa shape index (κ2) is 8.64. The van der Waals surface area contributed by atoms with E-state index in [1.165, 1.54) is 75.1 Å². The third-order valence-electron chi connectivity index (χ3n) is 6.12. The van der Waals surface area contributed by atoms with Crippen molar-refractivity contribution < 1.29 is 0 Å². The van der Waals surface area contributed by atoms with E-state index in [1.807, 2.05) is 0 Å². The Balaban J connectivity index is 1.55. The second-order valence-corrected chi connectivity index (χ2v) is 10.7. The van der Waals surface area contributed by atoms with Gasteiger partial charge in [0.2, 0.25) is 0 Å². The maximum atomic E-state index is 3.65. The van der Waals surface area contributed by atoms with E-state index in [-0.39, 0.29) is 10.9 Å². The zero-order chi connectivity index (χ0) is 16.9. The first-order valence-corrected chi connectivity index (χ1v) is 12.1. The van der Waals surface area contributed by atoms with Gasteiger partial charge in [-0.05, 0) is 80.2 Å². The Bertz CT molecular complexity index is 598. The Morgan fingerprint density at radius 1 is 1.08 bits per heavy atom. The predicted octanol–water partition coefficient (Wildman–Crippen LogP) is 4.43. The molecule has 0 saturated carbocycles. The molecule has 0 radical (unpaired) electrons. The van der Waals surface area contributed by atoms with E-state index in [4.69, 9.17) is 0 Å². The minimum absolute atomic E-state index is 0.257. The Morgan fingerprint density at radius 2 is 2.08 bits per heavy atom. The van der Waals surface area contributed by atoms with Crippen molar-refractivity contribution >= 4 is 16.6 Å². The average Bonchev–Trinajstić information content (AvgIpc) is 2.81. The van der Waals surface area contributed by atoms with Gasteiger partial charge in [-0.25, -0.2) is 10.9 Å². The molecule has 0 spiro atoms. The molecule has 3 aliphatic rings. The lowest BCUT2D eigenvalue weighted by atomic mass is 10.0. The van der Waals surface area contributed by atoms with E-state index >= 15 is 0 Å². The van der Waals surface area contributed by atoms with Crippen LogP contribution in [0.3, 0.4) is 0 Å². The number of benzene rings is 1. The summed E-state index contributed by atoms with van der Waals surface area (Å²) in [6, 6.07) is 7.28. The number of fused-ring (bicyclic) bond motifs is 2. The summed E-state index contributed by atoms with van der Waals surface area (Å²) in [6.45, 7) is 4.74. The Kier molecular flexibility index (Phi) is 6.04. The summed E-state index contributed by atoms with van der Waals surface area (Å²) in [5.74, 6) is 2.88. The molecule has 2 nitrogen and oxygen atoms in total. The van der Waals surface area contributed by atoms with Crippen LogP contribution in [-0.2, 0) is 13.0 Å².